The first-order chi connectivity index (χ1) is 29.0. The SMILES string of the molecule is C1CCC2(C1)CC2.CC(C)(C)C.CC(C)(C)N1CC2(COC2)C1.CC(C)(C)N1CCC2(CC1)COC2.CC(C)(C)N1CCC2(CCOC2)CC1.CC(C)(C)N1CCC2(CCSC2)C1. The maximum atomic E-state index is 5.54. The zero-order valence-corrected chi connectivity index (χ0v) is 45.7. The van der Waals surface area contributed by atoms with E-state index >= 15 is 0 Å². The summed E-state index contributed by atoms with van der Waals surface area (Å²) >= 11 is 2.16. The topological polar surface area (TPSA) is 40.6 Å². The molecular formula is C55H106N4O3S. The molecule has 0 N–H and O–H groups in total. The number of hydrogen-bond donors (Lipinski definition) is 0. The molecule has 10 rings (SSSR count). The van der Waals surface area contributed by atoms with Gasteiger partial charge in [-0.1, -0.05) is 40.5 Å². The minimum absolute atomic E-state index is 0.348. The summed E-state index contributed by atoms with van der Waals surface area (Å²) in [5, 5.41) is 0. The number of likely N-dealkylation sites (tertiary alicyclic amines) is 4. The lowest BCUT2D eigenvalue weighted by Gasteiger charge is -2.59. The van der Waals surface area contributed by atoms with Gasteiger partial charge in [-0.05, 0) is 214 Å². The van der Waals surface area contributed by atoms with Gasteiger partial charge in [0.05, 0.1) is 33.0 Å². The van der Waals surface area contributed by atoms with Crippen molar-refractivity contribution in [1.82, 2.24) is 19.6 Å². The molecule has 8 heterocycles. The molecule has 8 saturated heterocycles. The molecule has 0 aromatic carbocycles. The maximum absolute atomic E-state index is 5.54. The Morgan fingerprint density at radius 2 is 0.730 bits per heavy atom. The summed E-state index contributed by atoms with van der Waals surface area (Å²) in [7, 11) is 0. The van der Waals surface area contributed by atoms with E-state index in [1.54, 1.807) is 25.7 Å². The standard InChI is InChI=1S/C12H23NO.C11H21NO.C11H21NS.C9H17NO.C7H12.C5H12/c1-11(2,3)13-7-4-12(5-8-13)6-9-14-10-12;1-10(2,3)12-6-4-11(5-7-12)8-13-9-11;1-10(2,3)12-6-4-11(8-12)5-7-13-9-11;1-8(2,3)10-4-9(5-10)6-11-7-9;1-2-4-7(3-1)5-6-7;1-5(2,3)4/h4-10H2,1-3H3;2*4-9H2,1-3H3;4-7H2,1-3H3;1-6H2;1-4H3. The second-order valence-corrected chi connectivity index (χ2v) is 29.6. The second-order valence-electron chi connectivity index (χ2n) is 28.5. The number of thioether (sulfide) groups is 1. The van der Waals surface area contributed by atoms with Gasteiger partial charge in [0.15, 0.2) is 0 Å². The molecule has 0 radical (unpaired) electrons. The molecular weight excluding hydrogens is 797 g/mol. The lowest BCUT2D eigenvalue weighted by molar-refractivity contribution is -0.207. The molecule has 2 saturated carbocycles. The summed E-state index contributed by atoms with van der Waals surface area (Å²) in [6.45, 7) is 52.7. The van der Waals surface area contributed by atoms with Gasteiger partial charge in [-0.3, -0.25) is 19.6 Å². The van der Waals surface area contributed by atoms with E-state index in [0.717, 1.165) is 45.1 Å². The molecule has 1 atom stereocenters. The molecule has 370 valence electrons. The molecule has 5 spiro atoms. The molecule has 8 aliphatic heterocycles. The fraction of sp³-hybridized carbons (Fsp3) is 1.00. The fourth-order valence-corrected chi connectivity index (χ4v) is 12.7. The van der Waals surface area contributed by atoms with E-state index < -0.39 is 0 Å². The summed E-state index contributed by atoms with van der Waals surface area (Å²) in [6, 6.07) is 0. The summed E-state index contributed by atoms with van der Waals surface area (Å²) in [6.07, 6.45) is 18.9. The molecule has 0 aromatic heterocycles. The Bertz CT molecular complexity index is 1330. The zero-order valence-electron chi connectivity index (χ0n) is 44.9. The number of hydrogen-bond acceptors (Lipinski definition) is 8. The molecule has 10 fully saturated rings. The highest BCUT2D eigenvalue weighted by atomic mass is 32.2. The summed E-state index contributed by atoms with van der Waals surface area (Å²) < 4.78 is 16.1. The minimum atomic E-state index is 0.348. The molecule has 0 bridgehead atoms. The first-order valence-corrected chi connectivity index (χ1v) is 27.5. The molecule has 0 amide bonds. The van der Waals surface area contributed by atoms with Crippen molar-refractivity contribution >= 4 is 11.8 Å². The summed E-state index contributed by atoms with van der Waals surface area (Å²) in [5.41, 5.74) is 5.32. The van der Waals surface area contributed by atoms with Gasteiger partial charge in [0.1, 0.15) is 0 Å². The highest BCUT2D eigenvalue weighted by Crippen LogP contribution is 2.57. The van der Waals surface area contributed by atoms with Crippen molar-refractivity contribution in [3.8, 4) is 0 Å². The molecule has 63 heavy (non-hydrogen) atoms. The Kier molecular flexibility index (Phi) is 18.0. The highest BCUT2D eigenvalue weighted by molar-refractivity contribution is 7.99. The quantitative estimate of drug-likeness (QED) is 0.238. The third-order valence-electron chi connectivity index (χ3n) is 16.6. The van der Waals surface area contributed by atoms with E-state index in [0.29, 0.717) is 49.2 Å². The molecule has 7 nitrogen and oxygen atoms in total. The summed E-state index contributed by atoms with van der Waals surface area (Å²) in [5.74, 6) is 2.82. The minimum Gasteiger partial charge on any atom is -0.381 e. The van der Waals surface area contributed by atoms with Crippen LogP contribution in [0.15, 0.2) is 0 Å². The number of nitrogens with zero attached hydrogens (tertiary/aromatic N) is 4. The summed E-state index contributed by atoms with van der Waals surface area (Å²) in [4.78, 5) is 10.4. The third kappa shape index (κ3) is 16.3. The molecule has 8 heteroatoms. The lowest BCUT2D eigenvalue weighted by atomic mass is 9.75. The van der Waals surface area contributed by atoms with Crippen molar-refractivity contribution in [1.29, 1.82) is 0 Å². The average Bonchev–Trinajstić information content (AvgIpc) is 3.61. The van der Waals surface area contributed by atoms with Crippen LogP contribution in [0.5, 0.6) is 0 Å². The smallest absolute Gasteiger partial charge is 0.0569 e. The number of rotatable bonds is 0. The van der Waals surface area contributed by atoms with E-state index in [2.05, 4.69) is 142 Å². The molecule has 10 aliphatic rings. The van der Waals surface area contributed by atoms with E-state index in [1.807, 2.05) is 0 Å². The maximum Gasteiger partial charge on any atom is 0.0569 e. The average molecular weight is 904 g/mol. The van der Waals surface area contributed by atoms with Crippen LogP contribution in [0.4, 0.5) is 0 Å². The van der Waals surface area contributed by atoms with Crippen LogP contribution >= 0.6 is 11.8 Å². The first kappa shape index (κ1) is 54.0. The van der Waals surface area contributed by atoms with Gasteiger partial charge in [-0.15, -0.1) is 0 Å². The zero-order chi connectivity index (χ0) is 46.6. The van der Waals surface area contributed by atoms with Crippen LogP contribution in [0.25, 0.3) is 0 Å². The monoisotopic (exact) mass is 903 g/mol. The van der Waals surface area contributed by atoms with Crippen molar-refractivity contribution in [2.75, 3.05) is 104 Å². The van der Waals surface area contributed by atoms with Gasteiger partial charge in [0.2, 0.25) is 0 Å². The van der Waals surface area contributed by atoms with Crippen LogP contribution in [0, 0.1) is 32.5 Å². The second kappa shape index (κ2) is 21.0. The van der Waals surface area contributed by atoms with Crippen molar-refractivity contribution in [3.05, 3.63) is 0 Å². The fourth-order valence-electron chi connectivity index (χ4n) is 11.1. The lowest BCUT2D eigenvalue weighted by Crippen LogP contribution is -2.69. The molecule has 0 aromatic rings. The van der Waals surface area contributed by atoms with E-state index in [4.69, 9.17) is 14.2 Å². The van der Waals surface area contributed by atoms with Gasteiger partial charge >= 0.3 is 0 Å². The highest BCUT2D eigenvalue weighted by Gasteiger charge is 2.52. The van der Waals surface area contributed by atoms with Crippen molar-refractivity contribution < 1.29 is 14.2 Å². The Labute approximate surface area is 396 Å². The van der Waals surface area contributed by atoms with E-state index in [9.17, 15) is 0 Å². The number of ether oxygens (including phenoxy) is 3. The first-order valence-electron chi connectivity index (χ1n) is 26.3. The van der Waals surface area contributed by atoms with Crippen LogP contribution in [0.2, 0.25) is 0 Å². The van der Waals surface area contributed by atoms with Crippen LogP contribution in [0.3, 0.4) is 0 Å². The predicted octanol–water partition coefficient (Wildman–Crippen LogP) is 12.3. The van der Waals surface area contributed by atoms with Gasteiger partial charge in [0, 0.05) is 65.0 Å². The normalized spacial score (nSPS) is 29.7. The molecule has 1 unspecified atom stereocenters. The van der Waals surface area contributed by atoms with Crippen LogP contribution in [0.1, 0.15) is 194 Å². The predicted molar refractivity (Wildman–Crippen MR) is 272 cm³/mol. The Balaban J connectivity index is 0.000000146. The van der Waals surface area contributed by atoms with Gasteiger partial charge < -0.3 is 14.2 Å². The van der Waals surface area contributed by atoms with E-state index in [-0.39, 0.29) is 0 Å². The van der Waals surface area contributed by atoms with Crippen molar-refractivity contribution in [2.24, 2.45) is 32.5 Å². The van der Waals surface area contributed by atoms with Crippen LogP contribution in [-0.4, -0.2) is 145 Å². The van der Waals surface area contributed by atoms with E-state index in [1.165, 1.54) is 122 Å². The number of piperidine rings is 2. The van der Waals surface area contributed by atoms with Gasteiger partial charge in [-0.25, -0.2) is 0 Å². The van der Waals surface area contributed by atoms with Crippen LogP contribution in [-0.2, 0) is 14.2 Å². The van der Waals surface area contributed by atoms with Gasteiger partial charge in [-0.2, -0.15) is 11.8 Å². The van der Waals surface area contributed by atoms with Crippen molar-refractivity contribution in [2.45, 2.75) is 216 Å². The van der Waals surface area contributed by atoms with Crippen LogP contribution < -0.4 is 0 Å². The Hall–Kier alpha value is 0.0700. The largest absolute Gasteiger partial charge is 0.381 e. The Morgan fingerprint density at radius 1 is 0.349 bits per heavy atom. The van der Waals surface area contributed by atoms with Crippen molar-refractivity contribution in [3.63, 3.8) is 0 Å². The Morgan fingerprint density at radius 3 is 1.03 bits per heavy atom. The third-order valence-corrected chi connectivity index (χ3v) is 17.9. The van der Waals surface area contributed by atoms with Gasteiger partial charge in [0.25, 0.3) is 0 Å². The molecule has 2 aliphatic carbocycles.